The molecule has 3 rings (SSSR count). The van der Waals surface area contributed by atoms with E-state index >= 15 is 0 Å². The van der Waals surface area contributed by atoms with Crippen molar-refractivity contribution >= 4 is 23.1 Å². The molecule has 1 atom stereocenters. The zero-order valence-electron chi connectivity index (χ0n) is 12.8. The molecular formula is C18H19NO3S. The number of rotatable bonds is 5. The van der Waals surface area contributed by atoms with Crippen molar-refractivity contribution < 1.29 is 14.7 Å². The van der Waals surface area contributed by atoms with Gasteiger partial charge in [0.15, 0.2) is 0 Å². The quantitative estimate of drug-likeness (QED) is 0.854. The van der Waals surface area contributed by atoms with Crippen molar-refractivity contribution in [3.63, 3.8) is 0 Å². The number of hydrogen-bond donors (Lipinski definition) is 1. The zero-order chi connectivity index (χ0) is 16.2. The summed E-state index contributed by atoms with van der Waals surface area (Å²) < 4.78 is 0. The maximum atomic E-state index is 12.4. The summed E-state index contributed by atoms with van der Waals surface area (Å²) in [5.74, 6) is -0.725. The number of ketones is 1. The van der Waals surface area contributed by atoms with E-state index in [4.69, 9.17) is 0 Å². The first-order chi connectivity index (χ1) is 11.1. The number of nitrogens with zero attached hydrogens (tertiary/aromatic N) is 1. The van der Waals surface area contributed by atoms with E-state index in [0.29, 0.717) is 23.4 Å². The number of aliphatic carboxylic acids is 1. The van der Waals surface area contributed by atoms with Crippen LogP contribution in [-0.2, 0) is 11.3 Å². The third kappa shape index (κ3) is 3.68. The van der Waals surface area contributed by atoms with Crippen molar-refractivity contribution in [1.29, 1.82) is 0 Å². The van der Waals surface area contributed by atoms with E-state index in [2.05, 4.69) is 0 Å². The molecule has 5 heteroatoms. The van der Waals surface area contributed by atoms with Crippen LogP contribution in [-0.4, -0.2) is 34.3 Å². The molecule has 0 amide bonds. The number of carboxylic acids is 1. The van der Waals surface area contributed by atoms with Gasteiger partial charge in [-0.15, -0.1) is 11.3 Å². The van der Waals surface area contributed by atoms with Gasteiger partial charge in [0.05, 0.1) is 4.88 Å². The average Bonchev–Trinajstić information content (AvgIpc) is 3.04. The highest BCUT2D eigenvalue weighted by molar-refractivity contribution is 7.14. The molecule has 0 aliphatic carbocycles. The van der Waals surface area contributed by atoms with E-state index in [0.717, 1.165) is 24.3 Å². The summed E-state index contributed by atoms with van der Waals surface area (Å²) in [7, 11) is 0. The number of piperidine rings is 1. The van der Waals surface area contributed by atoms with Crippen molar-refractivity contribution in [2.45, 2.75) is 31.8 Å². The normalized spacial score (nSPS) is 18.7. The molecule has 4 nitrogen and oxygen atoms in total. The lowest BCUT2D eigenvalue weighted by Crippen LogP contribution is -2.43. The summed E-state index contributed by atoms with van der Waals surface area (Å²) >= 11 is 1.46. The molecule has 1 aliphatic rings. The summed E-state index contributed by atoms with van der Waals surface area (Å²) in [5.41, 5.74) is 0.683. The molecule has 0 saturated carbocycles. The second kappa shape index (κ2) is 7.06. The molecule has 1 aromatic heterocycles. The summed E-state index contributed by atoms with van der Waals surface area (Å²) in [5, 5.41) is 9.34. The van der Waals surface area contributed by atoms with Gasteiger partial charge < -0.3 is 5.11 Å². The van der Waals surface area contributed by atoms with Gasteiger partial charge in [-0.05, 0) is 31.5 Å². The van der Waals surface area contributed by atoms with Gasteiger partial charge in [-0.25, -0.2) is 0 Å². The van der Waals surface area contributed by atoms with E-state index in [-0.39, 0.29) is 5.78 Å². The van der Waals surface area contributed by atoms with Gasteiger partial charge >= 0.3 is 5.97 Å². The van der Waals surface area contributed by atoms with Crippen LogP contribution in [0.15, 0.2) is 42.5 Å². The fourth-order valence-corrected chi connectivity index (χ4v) is 3.97. The minimum atomic E-state index is -0.748. The Labute approximate surface area is 139 Å². The smallest absolute Gasteiger partial charge is 0.320 e. The molecule has 1 fully saturated rings. The van der Waals surface area contributed by atoms with Crippen LogP contribution in [0.3, 0.4) is 0 Å². The first-order valence-electron chi connectivity index (χ1n) is 7.80. The highest BCUT2D eigenvalue weighted by Crippen LogP contribution is 2.25. The zero-order valence-corrected chi connectivity index (χ0v) is 13.6. The molecule has 0 unspecified atom stereocenters. The fourth-order valence-electron chi connectivity index (χ4n) is 2.98. The van der Waals surface area contributed by atoms with Crippen molar-refractivity contribution in [3.05, 3.63) is 57.8 Å². The van der Waals surface area contributed by atoms with Crippen molar-refractivity contribution in [2.75, 3.05) is 6.54 Å². The Morgan fingerprint density at radius 1 is 1.13 bits per heavy atom. The first kappa shape index (κ1) is 15.9. The Morgan fingerprint density at radius 2 is 1.91 bits per heavy atom. The number of hydrogen-bond acceptors (Lipinski definition) is 4. The molecule has 0 spiro atoms. The van der Waals surface area contributed by atoms with Gasteiger partial charge in [0.2, 0.25) is 5.78 Å². The molecule has 2 heterocycles. The van der Waals surface area contributed by atoms with Crippen LogP contribution in [0.1, 0.15) is 39.4 Å². The lowest BCUT2D eigenvalue weighted by molar-refractivity contribution is -0.144. The molecule has 23 heavy (non-hydrogen) atoms. The van der Waals surface area contributed by atoms with E-state index in [9.17, 15) is 14.7 Å². The van der Waals surface area contributed by atoms with Crippen molar-refractivity contribution in [1.82, 2.24) is 4.90 Å². The first-order valence-corrected chi connectivity index (χ1v) is 8.62. The predicted molar refractivity (Wildman–Crippen MR) is 89.9 cm³/mol. The average molecular weight is 329 g/mol. The monoisotopic (exact) mass is 329 g/mol. The molecule has 2 aromatic rings. The van der Waals surface area contributed by atoms with Gasteiger partial charge in [-0.2, -0.15) is 0 Å². The van der Waals surface area contributed by atoms with Crippen molar-refractivity contribution in [3.8, 4) is 0 Å². The van der Waals surface area contributed by atoms with E-state index < -0.39 is 12.0 Å². The summed E-state index contributed by atoms with van der Waals surface area (Å²) in [6.07, 6.45) is 2.71. The molecule has 1 aliphatic heterocycles. The standard InChI is InChI=1S/C18H19NO3S/c20-17(13-6-2-1-3-7-13)16-10-9-14(23-16)12-19-11-5-4-8-15(19)18(21)22/h1-3,6-7,9-10,15H,4-5,8,11-12H2,(H,21,22)/t15-/m0/s1. The SMILES string of the molecule is O=C(c1ccccc1)c1ccc(CN2CCCC[C@H]2C(=O)O)s1. The Bertz CT molecular complexity index is 695. The molecule has 1 N–H and O–H groups in total. The van der Waals surface area contributed by atoms with Gasteiger partial charge in [-0.3, -0.25) is 14.5 Å². The van der Waals surface area contributed by atoms with Crippen LogP contribution in [0, 0.1) is 0 Å². The third-order valence-corrected chi connectivity index (χ3v) is 5.25. The molecule has 1 saturated heterocycles. The largest absolute Gasteiger partial charge is 0.480 e. The lowest BCUT2D eigenvalue weighted by Gasteiger charge is -2.32. The Morgan fingerprint density at radius 3 is 2.65 bits per heavy atom. The maximum Gasteiger partial charge on any atom is 0.320 e. The molecule has 120 valence electrons. The minimum Gasteiger partial charge on any atom is -0.480 e. The highest BCUT2D eigenvalue weighted by Gasteiger charge is 2.28. The number of benzene rings is 1. The Kier molecular flexibility index (Phi) is 4.88. The Hall–Kier alpha value is -1.98. The summed E-state index contributed by atoms with van der Waals surface area (Å²) in [6, 6.07) is 12.6. The van der Waals surface area contributed by atoms with Crippen LogP contribution in [0.4, 0.5) is 0 Å². The molecule has 1 aromatic carbocycles. The van der Waals surface area contributed by atoms with Crippen LogP contribution in [0.25, 0.3) is 0 Å². The molecular weight excluding hydrogens is 310 g/mol. The van der Waals surface area contributed by atoms with Crippen LogP contribution >= 0.6 is 11.3 Å². The topological polar surface area (TPSA) is 57.6 Å². The number of thiophene rings is 1. The second-order valence-electron chi connectivity index (χ2n) is 5.78. The lowest BCUT2D eigenvalue weighted by atomic mass is 10.0. The summed E-state index contributed by atoms with van der Waals surface area (Å²) in [6.45, 7) is 1.40. The third-order valence-electron chi connectivity index (χ3n) is 4.18. The van der Waals surface area contributed by atoms with E-state index in [1.807, 2.05) is 47.4 Å². The predicted octanol–water partition coefficient (Wildman–Crippen LogP) is 3.42. The summed E-state index contributed by atoms with van der Waals surface area (Å²) in [4.78, 5) is 27.5. The van der Waals surface area contributed by atoms with Gasteiger partial charge in [0.25, 0.3) is 0 Å². The van der Waals surface area contributed by atoms with Crippen LogP contribution < -0.4 is 0 Å². The minimum absolute atomic E-state index is 0.0234. The van der Waals surface area contributed by atoms with E-state index in [1.54, 1.807) is 0 Å². The van der Waals surface area contributed by atoms with Gasteiger partial charge in [-0.1, -0.05) is 36.8 Å². The second-order valence-corrected chi connectivity index (χ2v) is 6.95. The van der Waals surface area contributed by atoms with Crippen LogP contribution in [0.5, 0.6) is 0 Å². The fraction of sp³-hybridized carbons (Fsp3) is 0.333. The van der Waals surface area contributed by atoms with Gasteiger partial charge in [0.1, 0.15) is 6.04 Å². The number of likely N-dealkylation sites (tertiary alicyclic amines) is 1. The van der Waals surface area contributed by atoms with Crippen LogP contribution in [0.2, 0.25) is 0 Å². The van der Waals surface area contributed by atoms with Crippen molar-refractivity contribution in [2.24, 2.45) is 0 Å². The number of carbonyl (C=O) groups excluding carboxylic acids is 1. The maximum absolute atomic E-state index is 12.4. The number of carboxylic acid groups (broad SMARTS) is 1. The molecule has 0 bridgehead atoms. The van der Waals surface area contributed by atoms with Gasteiger partial charge in [0, 0.05) is 17.0 Å². The Balaban J connectivity index is 1.72. The van der Waals surface area contributed by atoms with E-state index in [1.165, 1.54) is 11.3 Å². The number of carbonyl (C=O) groups is 2. The molecule has 0 radical (unpaired) electrons. The highest BCUT2D eigenvalue weighted by atomic mass is 32.1.